The molecule has 0 saturated heterocycles. The minimum Gasteiger partial charge on any atom is -0.497 e. The van der Waals surface area contributed by atoms with Gasteiger partial charge in [-0.3, -0.25) is 9.59 Å². The molecule has 28 heavy (non-hydrogen) atoms. The first-order chi connectivity index (χ1) is 13.5. The molecule has 150 valence electrons. The Labute approximate surface area is 164 Å². The molecule has 2 rings (SSSR count). The number of carbonyl (C=O) groups excluding carboxylic acids is 1. The lowest BCUT2D eigenvalue weighted by Gasteiger charge is -2.18. The van der Waals surface area contributed by atoms with Gasteiger partial charge in [-0.25, -0.2) is 0 Å². The van der Waals surface area contributed by atoms with E-state index in [1.54, 1.807) is 51.7 Å². The van der Waals surface area contributed by atoms with Crippen LogP contribution in [0.4, 0.5) is 0 Å². The number of carboxylic acid groups (broad SMARTS) is 1. The average molecular weight is 387 g/mol. The molecule has 0 saturated carbocycles. The Balaban J connectivity index is 2.02. The molecule has 0 aliphatic heterocycles. The van der Waals surface area contributed by atoms with Crippen LogP contribution in [-0.4, -0.2) is 38.3 Å². The number of hydrogen-bond acceptors (Lipinski definition) is 5. The summed E-state index contributed by atoms with van der Waals surface area (Å²) in [6.07, 6.45) is 0.519. The summed E-state index contributed by atoms with van der Waals surface area (Å²) >= 11 is 0. The van der Waals surface area contributed by atoms with Gasteiger partial charge in [0.2, 0.25) is 5.91 Å². The summed E-state index contributed by atoms with van der Waals surface area (Å²) in [6, 6.07) is 11.8. The van der Waals surface area contributed by atoms with Crippen molar-refractivity contribution >= 4 is 11.9 Å². The highest BCUT2D eigenvalue weighted by Crippen LogP contribution is 2.28. The van der Waals surface area contributed by atoms with Gasteiger partial charge in [-0.15, -0.1) is 0 Å². The molecule has 1 atom stereocenters. The number of carboxylic acids is 1. The van der Waals surface area contributed by atoms with Crippen LogP contribution in [0.2, 0.25) is 0 Å². The molecule has 7 heteroatoms. The number of aryl methyl sites for hydroxylation is 1. The van der Waals surface area contributed by atoms with Crippen LogP contribution in [0.5, 0.6) is 17.2 Å². The van der Waals surface area contributed by atoms with Gasteiger partial charge < -0.3 is 24.6 Å². The van der Waals surface area contributed by atoms with E-state index < -0.39 is 12.0 Å². The fraction of sp³-hybridized carbons (Fsp3) is 0.333. The van der Waals surface area contributed by atoms with Crippen molar-refractivity contribution in [2.24, 2.45) is 0 Å². The second-order valence-electron chi connectivity index (χ2n) is 6.18. The fourth-order valence-corrected chi connectivity index (χ4v) is 2.82. The van der Waals surface area contributed by atoms with E-state index in [0.717, 1.165) is 5.56 Å². The average Bonchev–Trinajstić information content (AvgIpc) is 2.71. The first kappa shape index (κ1) is 21.1. The number of aliphatic carboxylic acids is 1. The molecule has 0 radical (unpaired) electrons. The van der Waals surface area contributed by atoms with Crippen molar-refractivity contribution in [3.05, 3.63) is 53.6 Å². The van der Waals surface area contributed by atoms with Gasteiger partial charge in [-0.05, 0) is 41.8 Å². The molecule has 0 spiro atoms. The molecule has 2 aromatic carbocycles. The maximum absolute atomic E-state index is 12.4. The lowest BCUT2D eigenvalue weighted by Crippen LogP contribution is -2.30. The normalized spacial score (nSPS) is 11.4. The van der Waals surface area contributed by atoms with Crippen LogP contribution in [-0.2, 0) is 16.0 Å². The van der Waals surface area contributed by atoms with Crippen LogP contribution >= 0.6 is 0 Å². The van der Waals surface area contributed by atoms with Crippen molar-refractivity contribution in [3.63, 3.8) is 0 Å². The Bertz CT molecular complexity index is 803. The SMILES string of the molecule is COc1ccc([C@@H](CC(=O)O)NC(=O)CCc2ccc(OC)c(OC)c2)cc1. The predicted molar refractivity (Wildman–Crippen MR) is 104 cm³/mol. The van der Waals surface area contributed by atoms with Gasteiger partial charge >= 0.3 is 5.97 Å². The fourth-order valence-electron chi connectivity index (χ4n) is 2.82. The maximum atomic E-state index is 12.4. The van der Waals surface area contributed by atoms with Crippen molar-refractivity contribution in [2.75, 3.05) is 21.3 Å². The summed E-state index contributed by atoms with van der Waals surface area (Å²) in [6.45, 7) is 0. The topological polar surface area (TPSA) is 94.1 Å². The van der Waals surface area contributed by atoms with Crippen LogP contribution in [0.15, 0.2) is 42.5 Å². The van der Waals surface area contributed by atoms with Gasteiger partial charge in [0.05, 0.1) is 33.8 Å². The molecule has 7 nitrogen and oxygen atoms in total. The van der Waals surface area contributed by atoms with Crippen molar-refractivity contribution in [3.8, 4) is 17.2 Å². The Morgan fingerprint density at radius 1 is 0.964 bits per heavy atom. The number of methoxy groups -OCH3 is 3. The van der Waals surface area contributed by atoms with E-state index >= 15 is 0 Å². The number of carbonyl (C=O) groups is 2. The molecule has 0 bridgehead atoms. The smallest absolute Gasteiger partial charge is 0.305 e. The zero-order valence-electron chi connectivity index (χ0n) is 16.2. The van der Waals surface area contributed by atoms with Gasteiger partial charge in [-0.2, -0.15) is 0 Å². The van der Waals surface area contributed by atoms with Crippen LogP contribution in [0.3, 0.4) is 0 Å². The predicted octanol–water partition coefficient (Wildman–Crippen LogP) is 2.98. The van der Waals surface area contributed by atoms with Crippen molar-refractivity contribution in [2.45, 2.75) is 25.3 Å². The molecule has 0 fully saturated rings. The van der Waals surface area contributed by atoms with Crippen molar-refractivity contribution in [1.29, 1.82) is 0 Å². The molecule has 2 aromatic rings. The molecule has 0 heterocycles. The summed E-state index contributed by atoms with van der Waals surface area (Å²) in [5.74, 6) is 0.676. The Kier molecular flexibility index (Phi) is 7.68. The second-order valence-corrected chi connectivity index (χ2v) is 6.18. The number of ether oxygens (including phenoxy) is 3. The van der Waals surface area contributed by atoms with Gasteiger partial charge in [0, 0.05) is 6.42 Å². The highest BCUT2D eigenvalue weighted by atomic mass is 16.5. The summed E-state index contributed by atoms with van der Waals surface area (Å²) in [7, 11) is 4.67. The van der Waals surface area contributed by atoms with Crippen LogP contribution < -0.4 is 19.5 Å². The molecular weight excluding hydrogens is 362 g/mol. The number of hydrogen-bond donors (Lipinski definition) is 2. The molecule has 2 N–H and O–H groups in total. The highest BCUT2D eigenvalue weighted by Gasteiger charge is 2.18. The highest BCUT2D eigenvalue weighted by molar-refractivity contribution is 5.78. The van der Waals surface area contributed by atoms with Crippen molar-refractivity contribution < 1.29 is 28.9 Å². The van der Waals surface area contributed by atoms with Gasteiger partial charge in [0.25, 0.3) is 0 Å². The number of amides is 1. The second kappa shape index (κ2) is 10.2. The summed E-state index contributed by atoms with van der Waals surface area (Å²) in [5, 5.41) is 12.0. The third-order valence-corrected chi connectivity index (χ3v) is 4.32. The van der Waals surface area contributed by atoms with E-state index in [9.17, 15) is 14.7 Å². The summed E-state index contributed by atoms with van der Waals surface area (Å²) in [5.41, 5.74) is 1.63. The molecule has 0 aliphatic carbocycles. The molecule has 0 aromatic heterocycles. The van der Waals surface area contributed by atoms with E-state index in [0.29, 0.717) is 29.2 Å². The summed E-state index contributed by atoms with van der Waals surface area (Å²) < 4.78 is 15.6. The minimum absolute atomic E-state index is 0.200. The number of benzene rings is 2. The zero-order valence-corrected chi connectivity index (χ0v) is 16.2. The zero-order chi connectivity index (χ0) is 20.5. The molecule has 0 aliphatic rings. The maximum Gasteiger partial charge on any atom is 0.305 e. The van der Waals surface area contributed by atoms with Gasteiger partial charge in [0.1, 0.15) is 5.75 Å². The van der Waals surface area contributed by atoms with Gasteiger partial charge in [-0.1, -0.05) is 18.2 Å². The minimum atomic E-state index is -0.985. The monoisotopic (exact) mass is 387 g/mol. The van der Waals surface area contributed by atoms with E-state index in [2.05, 4.69) is 5.32 Å². The third-order valence-electron chi connectivity index (χ3n) is 4.32. The van der Waals surface area contributed by atoms with E-state index in [4.69, 9.17) is 14.2 Å². The Morgan fingerprint density at radius 3 is 2.21 bits per heavy atom. The summed E-state index contributed by atoms with van der Waals surface area (Å²) in [4.78, 5) is 23.6. The molecule has 1 amide bonds. The van der Waals surface area contributed by atoms with Gasteiger partial charge in [0.15, 0.2) is 11.5 Å². The van der Waals surface area contributed by atoms with Crippen molar-refractivity contribution in [1.82, 2.24) is 5.32 Å². The lowest BCUT2D eigenvalue weighted by molar-refractivity contribution is -0.137. The first-order valence-electron chi connectivity index (χ1n) is 8.82. The largest absolute Gasteiger partial charge is 0.497 e. The Hall–Kier alpha value is -3.22. The molecule has 0 unspecified atom stereocenters. The molecular formula is C21H25NO6. The van der Waals surface area contributed by atoms with Crippen LogP contribution in [0.1, 0.15) is 30.0 Å². The third kappa shape index (κ3) is 5.90. The number of rotatable bonds is 10. The Morgan fingerprint density at radius 2 is 1.64 bits per heavy atom. The number of nitrogens with one attached hydrogen (secondary N) is 1. The van der Waals surface area contributed by atoms with Crippen LogP contribution in [0, 0.1) is 0 Å². The van der Waals surface area contributed by atoms with E-state index in [1.165, 1.54) is 0 Å². The van der Waals surface area contributed by atoms with E-state index in [1.807, 2.05) is 12.1 Å². The van der Waals surface area contributed by atoms with Crippen LogP contribution in [0.25, 0.3) is 0 Å². The van der Waals surface area contributed by atoms with E-state index in [-0.39, 0.29) is 18.7 Å². The first-order valence-corrected chi connectivity index (χ1v) is 8.82. The lowest BCUT2D eigenvalue weighted by atomic mass is 10.0. The quantitative estimate of drug-likeness (QED) is 0.651. The standard InChI is InChI=1S/C21H25NO6/c1-26-16-8-6-15(7-9-16)17(13-21(24)25)22-20(23)11-5-14-4-10-18(27-2)19(12-14)28-3/h4,6-10,12,17H,5,11,13H2,1-3H3,(H,22,23)(H,24,25)/t17-/m1/s1.